The van der Waals surface area contributed by atoms with Crippen LogP contribution in [0.25, 0.3) is 0 Å². The zero-order valence-corrected chi connectivity index (χ0v) is 9.50. The molecule has 0 aromatic heterocycles. The van der Waals surface area contributed by atoms with E-state index in [0.29, 0.717) is 18.3 Å². The Kier molecular flexibility index (Phi) is 3.13. The van der Waals surface area contributed by atoms with Crippen LogP contribution in [-0.2, 0) is 9.47 Å². The highest BCUT2D eigenvalue weighted by atomic mass is 16.5. The molecule has 0 unspecified atom stereocenters. The van der Waals surface area contributed by atoms with E-state index in [4.69, 9.17) is 9.47 Å². The van der Waals surface area contributed by atoms with Crippen molar-refractivity contribution >= 4 is 11.8 Å². The fraction of sp³-hybridized carbons (Fsp3) is 0.800. The number of hydrogen-bond donors (Lipinski definition) is 0. The fourth-order valence-electron chi connectivity index (χ4n) is 1.33. The summed E-state index contributed by atoms with van der Waals surface area (Å²) in [5, 5.41) is 0. The molecule has 1 aliphatic rings. The highest BCUT2D eigenvalue weighted by molar-refractivity contribution is 5.92. The summed E-state index contributed by atoms with van der Waals surface area (Å²) in [5.41, 5.74) is -0.000949. The van der Waals surface area contributed by atoms with Gasteiger partial charge in [-0.2, -0.15) is 0 Å². The lowest BCUT2D eigenvalue weighted by Crippen LogP contribution is -2.38. The van der Waals surface area contributed by atoms with Crippen LogP contribution in [0.1, 0.15) is 20.8 Å². The first kappa shape index (κ1) is 11.0. The van der Waals surface area contributed by atoms with Crippen molar-refractivity contribution in [3.63, 3.8) is 0 Å². The van der Waals surface area contributed by atoms with Gasteiger partial charge in [-0.1, -0.05) is 20.8 Å². The van der Waals surface area contributed by atoms with Gasteiger partial charge in [0.2, 0.25) is 11.8 Å². The summed E-state index contributed by atoms with van der Waals surface area (Å²) in [4.78, 5) is 8.75. The summed E-state index contributed by atoms with van der Waals surface area (Å²) >= 11 is 0. The maximum absolute atomic E-state index is 5.21. The first-order chi connectivity index (χ1) is 6.49. The van der Waals surface area contributed by atoms with Crippen molar-refractivity contribution < 1.29 is 9.47 Å². The van der Waals surface area contributed by atoms with Crippen LogP contribution in [0.4, 0.5) is 0 Å². The normalized spacial score (nSPS) is 22.5. The van der Waals surface area contributed by atoms with Crippen molar-refractivity contribution in [1.82, 2.24) is 0 Å². The number of nitrogens with zero attached hydrogens (tertiary/aromatic N) is 2. The molecular weight excluding hydrogens is 180 g/mol. The first-order valence-electron chi connectivity index (χ1n) is 4.68. The first-order valence-corrected chi connectivity index (χ1v) is 4.68. The van der Waals surface area contributed by atoms with E-state index in [1.54, 1.807) is 14.2 Å². The van der Waals surface area contributed by atoms with Crippen LogP contribution in [0.3, 0.4) is 0 Å². The van der Waals surface area contributed by atoms with Crippen LogP contribution in [-0.4, -0.2) is 38.6 Å². The molecule has 0 saturated carbocycles. The van der Waals surface area contributed by atoms with Crippen LogP contribution in [0.5, 0.6) is 0 Å². The third kappa shape index (κ3) is 2.25. The summed E-state index contributed by atoms with van der Waals surface area (Å²) in [6.45, 7) is 6.79. The molecule has 0 radical (unpaired) electrons. The van der Waals surface area contributed by atoms with Gasteiger partial charge >= 0.3 is 0 Å². The Hall–Kier alpha value is -1.06. The monoisotopic (exact) mass is 198 g/mol. The highest BCUT2D eigenvalue weighted by Crippen LogP contribution is 2.25. The zero-order valence-electron chi connectivity index (χ0n) is 9.50. The molecule has 1 heterocycles. The maximum atomic E-state index is 5.21. The van der Waals surface area contributed by atoms with Gasteiger partial charge in [0.15, 0.2) is 0 Å². The average Bonchev–Trinajstić information content (AvgIpc) is 2.15. The molecule has 4 heteroatoms. The van der Waals surface area contributed by atoms with Gasteiger partial charge in [-0.25, -0.2) is 9.98 Å². The topological polar surface area (TPSA) is 43.2 Å². The number of hydrogen-bond acceptors (Lipinski definition) is 4. The third-order valence-electron chi connectivity index (χ3n) is 2.14. The minimum Gasteiger partial charge on any atom is -0.483 e. The molecule has 0 spiro atoms. The van der Waals surface area contributed by atoms with Gasteiger partial charge in [-0.15, -0.1) is 0 Å². The Bertz CT molecular complexity index is 264. The molecule has 0 aromatic rings. The van der Waals surface area contributed by atoms with Crippen LogP contribution in [0, 0.1) is 5.41 Å². The number of rotatable bonds is 0. The second kappa shape index (κ2) is 3.98. The summed E-state index contributed by atoms with van der Waals surface area (Å²) in [7, 11) is 3.25. The largest absolute Gasteiger partial charge is 0.483 e. The van der Waals surface area contributed by atoms with E-state index < -0.39 is 0 Å². The van der Waals surface area contributed by atoms with Crippen LogP contribution < -0.4 is 0 Å². The smallest absolute Gasteiger partial charge is 0.209 e. The van der Waals surface area contributed by atoms with Crippen LogP contribution in [0.2, 0.25) is 0 Å². The van der Waals surface area contributed by atoms with E-state index in [1.165, 1.54) is 0 Å². The van der Waals surface area contributed by atoms with E-state index in [9.17, 15) is 0 Å². The molecule has 0 aromatic carbocycles. The molecule has 0 saturated heterocycles. The number of methoxy groups -OCH3 is 2. The molecular formula is C10H18N2O2. The zero-order chi connectivity index (χ0) is 10.8. The second-order valence-electron chi connectivity index (χ2n) is 4.35. The Labute approximate surface area is 85.0 Å². The highest BCUT2D eigenvalue weighted by Gasteiger charge is 2.32. The SMILES string of the molecule is COC1=N[C@@H](C(C)(C)C)C(OC)=NC1. The van der Waals surface area contributed by atoms with Gasteiger partial charge in [0.1, 0.15) is 12.6 Å². The lowest BCUT2D eigenvalue weighted by molar-refractivity contribution is 0.296. The standard InChI is InChI=1S/C10H18N2O2/c1-10(2,3)8-9(14-5)11-6-7(12-8)13-4/h8H,6H2,1-5H3/t8-/m1/s1. The summed E-state index contributed by atoms with van der Waals surface area (Å²) < 4.78 is 10.3. The molecule has 0 aliphatic carbocycles. The van der Waals surface area contributed by atoms with Gasteiger partial charge in [-0.05, 0) is 5.41 Å². The van der Waals surface area contributed by atoms with E-state index in [0.717, 1.165) is 0 Å². The van der Waals surface area contributed by atoms with Crippen LogP contribution >= 0.6 is 0 Å². The maximum Gasteiger partial charge on any atom is 0.209 e. The predicted octanol–water partition coefficient (Wildman–Crippen LogP) is 1.50. The molecule has 1 atom stereocenters. The van der Waals surface area contributed by atoms with Crippen molar-refractivity contribution in [2.24, 2.45) is 15.4 Å². The van der Waals surface area contributed by atoms with Crippen molar-refractivity contribution in [2.45, 2.75) is 26.8 Å². The van der Waals surface area contributed by atoms with E-state index in [1.807, 2.05) is 0 Å². The van der Waals surface area contributed by atoms with Gasteiger partial charge in [0.25, 0.3) is 0 Å². The molecule has 14 heavy (non-hydrogen) atoms. The third-order valence-corrected chi connectivity index (χ3v) is 2.14. The van der Waals surface area contributed by atoms with Gasteiger partial charge in [0, 0.05) is 0 Å². The van der Waals surface area contributed by atoms with Crippen LogP contribution in [0.15, 0.2) is 9.98 Å². The Balaban J connectivity index is 2.91. The van der Waals surface area contributed by atoms with Gasteiger partial charge in [-0.3, -0.25) is 0 Å². The Morgan fingerprint density at radius 3 is 2.29 bits per heavy atom. The van der Waals surface area contributed by atoms with Gasteiger partial charge < -0.3 is 9.47 Å². The van der Waals surface area contributed by atoms with Crippen molar-refractivity contribution in [1.29, 1.82) is 0 Å². The Morgan fingerprint density at radius 2 is 1.86 bits per heavy atom. The lowest BCUT2D eigenvalue weighted by atomic mass is 9.86. The minimum atomic E-state index is -0.0452. The summed E-state index contributed by atoms with van der Waals surface area (Å²) in [5.74, 6) is 1.36. The quantitative estimate of drug-likeness (QED) is 0.592. The molecule has 1 aliphatic heterocycles. The minimum absolute atomic E-state index is 0.000949. The molecule has 0 amide bonds. The number of aliphatic imine (C=N–C) groups is 2. The average molecular weight is 198 g/mol. The Morgan fingerprint density at radius 1 is 1.21 bits per heavy atom. The van der Waals surface area contributed by atoms with E-state index >= 15 is 0 Å². The predicted molar refractivity (Wildman–Crippen MR) is 57.0 cm³/mol. The fourth-order valence-corrected chi connectivity index (χ4v) is 1.33. The molecule has 80 valence electrons. The van der Waals surface area contributed by atoms with E-state index in [-0.39, 0.29) is 11.5 Å². The van der Waals surface area contributed by atoms with E-state index in [2.05, 4.69) is 30.8 Å². The lowest BCUT2D eigenvalue weighted by Gasteiger charge is -2.29. The molecule has 4 nitrogen and oxygen atoms in total. The van der Waals surface area contributed by atoms with Crippen molar-refractivity contribution in [2.75, 3.05) is 20.8 Å². The van der Waals surface area contributed by atoms with Gasteiger partial charge in [0.05, 0.1) is 14.2 Å². The van der Waals surface area contributed by atoms with Crippen molar-refractivity contribution in [3.8, 4) is 0 Å². The molecule has 0 N–H and O–H groups in total. The molecule has 1 rings (SSSR count). The summed E-state index contributed by atoms with van der Waals surface area (Å²) in [6, 6.07) is -0.0452. The summed E-state index contributed by atoms with van der Waals surface area (Å²) in [6.07, 6.45) is 0. The molecule has 0 fully saturated rings. The second-order valence-corrected chi connectivity index (χ2v) is 4.35. The number of ether oxygens (including phenoxy) is 2. The molecule has 0 bridgehead atoms. The van der Waals surface area contributed by atoms with Crippen molar-refractivity contribution in [3.05, 3.63) is 0 Å².